The van der Waals surface area contributed by atoms with Crippen molar-refractivity contribution in [3.63, 3.8) is 0 Å². The second-order valence-electron chi connectivity index (χ2n) is 6.72. The lowest BCUT2D eigenvalue weighted by atomic mass is 9.97. The van der Waals surface area contributed by atoms with Crippen LogP contribution in [0.1, 0.15) is 17.7 Å². The highest BCUT2D eigenvalue weighted by molar-refractivity contribution is 14.0. The number of nitrogens with one attached hydrogen (secondary N) is 1. The smallest absolute Gasteiger partial charge is 0.193 e. The lowest BCUT2D eigenvalue weighted by molar-refractivity contribution is 0.182. The van der Waals surface area contributed by atoms with Crippen LogP contribution < -0.4 is 20.5 Å². The van der Waals surface area contributed by atoms with Crippen molar-refractivity contribution in [2.75, 3.05) is 39.2 Å². The maximum atomic E-state index is 6.06. The second-order valence-corrected chi connectivity index (χ2v) is 7.75. The van der Waals surface area contributed by atoms with E-state index in [0.717, 1.165) is 31.9 Å². The molecule has 6 nitrogen and oxygen atoms in total. The number of guanidine groups is 1. The van der Waals surface area contributed by atoms with Gasteiger partial charge in [0.1, 0.15) is 0 Å². The molecule has 3 N–H and O–H groups in total. The Labute approximate surface area is 188 Å². The number of aliphatic imine (C=N–C) groups is 1. The molecular formula is C20H29IN4O2S. The number of ether oxygens (including phenoxy) is 2. The quantitative estimate of drug-likeness (QED) is 0.331. The average Bonchev–Trinajstić information content (AvgIpc) is 3.20. The van der Waals surface area contributed by atoms with Crippen LogP contribution in [0.2, 0.25) is 0 Å². The van der Waals surface area contributed by atoms with Gasteiger partial charge in [0.05, 0.1) is 14.2 Å². The molecule has 0 spiro atoms. The Bertz CT molecular complexity index is 747. The minimum absolute atomic E-state index is 0. The number of halogens is 1. The third-order valence-corrected chi connectivity index (χ3v) is 5.70. The Morgan fingerprint density at radius 3 is 2.61 bits per heavy atom. The van der Waals surface area contributed by atoms with Crippen LogP contribution in [0.3, 0.4) is 0 Å². The highest BCUT2D eigenvalue weighted by Gasteiger charge is 2.19. The number of hydrogen-bond donors (Lipinski definition) is 2. The molecule has 1 aliphatic heterocycles. The van der Waals surface area contributed by atoms with E-state index >= 15 is 0 Å². The summed E-state index contributed by atoms with van der Waals surface area (Å²) in [4.78, 5) is 8.50. The van der Waals surface area contributed by atoms with Gasteiger partial charge in [-0.3, -0.25) is 9.89 Å². The van der Waals surface area contributed by atoms with Crippen LogP contribution in [0, 0.1) is 5.92 Å². The van der Waals surface area contributed by atoms with Crippen LogP contribution in [-0.2, 0) is 6.54 Å². The number of nitrogens with zero attached hydrogens (tertiary/aromatic N) is 2. The molecule has 0 saturated carbocycles. The van der Waals surface area contributed by atoms with E-state index in [-0.39, 0.29) is 24.0 Å². The number of benzene rings is 1. The normalized spacial score (nSPS) is 15.7. The molecule has 1 saturated heterocycles. The lowest BCUT2D eigenvalue weighted by Gasteiger charge is -2.30. The summed E-state index contributed by atoms with van der Waals surface area (Å²) in [7, 11) is 3.23. The van der Waals surface area contributed by atoms with Gasteiger partial charge in [-0.2, -0.15) is 0 Å². The van der Waals surface area contributed by atoms with Gasteiger partial charge in [0, 0.05) is 29.7 Å². The Morgan fingerprint density at radius 2 is 1.96 bits per heavy atom. The first kappa shape index (κ1) is 22.8. The fourth-order valence-electron chi connectivity index (χ4n) is 3.28. The minimum Gasteiger partial charge on any atom is -0.493 e. The van der Waals surface area contributed by atoms with Gasteiger partial charge in [-0.1, -0.05) is 6.07 Å². The molecule has 1 aliphatic rings. The molecule has 0 bridgehead atoms. The summed E-state index contributed by atoms with van der Waals surface area (Å²) in [6, 6.07) is 9.92. The third kappa shape index (κ3) is 6.52. The number of likely N-dealkylation sites (tertiary alicyclic amines) is 1. The molecule has 0 atom stereocenters. The van der Waals surface area contributed by atoms with Gasteiger partial charge in [-0.15, -0.1) is 35.3 Å². The molecule has 0 radical (unpaired) electrons. The molecule has 3 rings (SSSR count). The molecule has 154 valence electrons. The van der Waals surface area contributed by atoms with Crippen molar-refractivity contribution >= 4 is 47.0 Å². The van der Waals surface area contributed by atoms with Crippen molar-refractivity contribution in [3.05, 3.63) is 40.6 Å². The summed E-state index contributed by atoms with van der Waals surface area (Å²) < 4.78 is 10.6. The van der Waals surface area contributed by atoms with Gasteiger partial charge in [-0.05, 0) is 55.4 Å². The fraction of sp³-hybridized carbons (Fsp3) is 0.450. The van der Waals surface area contributed by atoms with E-state index in [4.69, 9.17) is 15.2 Å². The van der Waals surface area contributed by atoms with Crippen LogP contribution in [-0.4, -0.2) is 44.7 Å². The number of hydrogen-bond acceptors (Lipinski definition) is 5. The average molecular weight is 516 g/mol. The summed E-state index contributed by atoms with van der Waals surface area (Å²) in [5.41, 5.74) is 6.89. The van der Waals surface area contributed by atoms with Gasteiger partial charge in [-0.25, -0.2) is 0 Å². The summed E-state index contributed by atoms with van der Waals surface area (Å²) in [6.45, 7) is 4.08. The Hall–Kier alpha value is -1.52. The molecule has 2 heterocycles. The van der Waals surface area contributed by atoms with Crippen molar-refractivity contribution < 1.29 is 9.47 Å². The van der Waals surface area contributed by atoms with E-state index in [0.29, 0.717) is 23.4 Å². The molecule has 0 aliphatic carbocycles. The van der Waals surface area contributed by atoms with Crippen LogP contribution in [0.25, 0.3) is 0 Å². The maximum Gasteiger partial charge on any atom is 0.193 e. The summed E-state index contributed by atoms with van der Waals surface area (Å²) >= 11 is 1.83. The third-order valence-electron chi connectivity index (χ3n) is 4.84. The zero-order chi connectivity index (χ0) is 19.1. The fourth-order valence-corrected chi connectivity index (χ4v) is 4.03. The maximum absolute atomic E-state index is 6.06. The van der Waals surface area contributed by atoms with Gasteiger partial charge >= 0.3 is 0 Å². The molecular weight excluding hydrogens is 487 g/mol. The van der Waals surface area contributed by atoms with E-state index in [1.54, 1.807) is 14.2 Å². The highest BCUT2D eigenvalue weighted by atomic mass is 127. The number of anilines is 1. The first-order valence-electron chi connectivity index (χ1n) is 9.21. The summed E-state index contributed by atoms with van der Waals surface area (Å²) in [5.74, 6) is 2.37. The van der Waals surface area contributed by atoms with E-state index in [2.05, 4.69) is 32.7 Å². The van der Waals surface area contributed by atoms with E-state index < -0.39 is 0 Å². The van der Waals surface area contributed by atoms with E-state index in [1.807, 2.05) is 29.5 Å². The lowest BCUT2D eigenvalue weighted by Crippen LogP contribution is -2.34. The van der Waals surface area contributed by atoms with Gasteiger partial charge in [0.25, 0.3) is 0 Å². The molecule has 2 aromatic rings. The van der Waals surface area contributed by atoms with Crippen LogP contribution >= 0.6 is 35.3 Å². The van der Waals surface area contributed by atoms with Gasteiger partial charge in [0.15, 0.2) is 17.5 Å². The zero-order valence-electron chi connectivity index (χ0n) is 16.4. The molecule has 0 unspecified atom stereocenters. The standard InChI is InChI=1S/C20H28N4O2S.HI/c1-25-18-6-5-16(12-19(18)26-2)23-20(21)22-13-15-7-9-24(10-8-15)14-17-4-3-11-27-17;/h3-6,11-12,15H,7-10,13-14H2,1-2H3,(H3,21,22,23);1H. The first-order valence-corrected chi connectivity index (χ1v) is 10.1. The largest absolute Gasteiger partial charge is 0.493 e. The summed E-state index contributed by atoms with van der Waals surface area (Å²) in [5, 5.41) is 5.27. The van der Waals surface area contributed by atoms with E-state index in [9.17, 15) is 0 Å². The highest BCUT2D eigenvalue weighted by Crippen LogP contribution is 2.29. The Morgan fingerprint density at radius 1 is 1.21 bits per heavy atom. The van der Waals surface area contributed by atoms with Crippen molar-refractivity contribution in [3.8, 4) is 11.5 Å². The van der Waals surface area contributed by atoms with Crippen molar-refractivity contribution in [2.24, 2.45) is 16.6 Å². The number of thiophene rings is 1. The SMILES string of the molecule is COc1ccc(NC(N)=NCC2CCN(Cc3cccs3)CC2)cc1OC.I. The molecule has 8 heteroatoms. The molecule has 28 heavy (non-hydrogen) atoms. The predicted octanol–water partition coefficient (Wildman–Crippen LogP) is 4.02. The minimum atomic E-state index is 0. The monoisotopic (exact) mass is 516 g/mol. The number of piperidine rings is 1. The van der Waals surface area contributed by atoms with Gasteiger partial charge in [0.2, 0.25) is 0 Å². The van der Waals surface area contributed by atoms with Crippen molar-refractivity contribution in [1.29, 1.82) is 0 Å². The van der Waals surface area contributed by atoms with Gasteiger partial charge < -0.3 is 20.5 Å². The summed E-state index contributed by atoms with van der Waals surface area (Å²) in [6.07, 6.45) is 2.33. The number of rotatable bonds is 7. The van der Waals surface area contributed by atoms with Crippen LogP contribution in [0.4, 0.5) is 5.69 Å². The Kier molecular flexibility index (Phi) is 9.33. The predicted molar refractivity (Wildman–Crippen MR) is 127 cm³/mol. The second kappa shape index (κ2) is 11.5. The van der Waals surface area contributed by atoms with Crippen LogP contribution in [0.15, 0.2) is 40.7 Å². The molecule has 0 amide bonds. The Balaban J connectivity index is 0.00000280. The topological polar surface area (TPSA) is 72.1 Å². The number of methoxy groups -OCH3 is 2. The molecule has 1 aromatic heterocycles. The number of nitrogens with two attached hydrogens (primary N) is 1. The van der Waals surface area contributed by atoms with Crippen LogP contribution in [0.5, 0.6) is 11.5 Å². The van der Waals surface area contributed by atoms with Crippen molar-refractivity contribution in [1.82, 2.24) is 4.90 Å². The molecule has 1 fully saturated rings. The zero-order valence-corrected chi connectivity index (χ0v) is 19.5. The van der Waals surface area contributed by atoms with E-state index in [1.165, 1.54) is 17.7 Å². The first-order chi connectivity index (χ1) is 13.2. The molecule has 1 aromatic carbocycles. The van der Waals surface area contributed by atoms with Crippen molar-refractivity contribution in [2.45, 2.75) is 19.4 Å².